The summed E-state index contributed by atoms with van der Waals surface area (Å²) in [5, 5.41) is 18.6. The molecular formula is C12H22O2. The van der Waals surface area contributed by atoms with Gasteiger partial charge in [-0.15, -0.1) is 6.58 Å². The standard InChI is InChI=1S/C12H22O2/c1-10(2)5-6-12(8-13,9-14)7-11(3)4/h5,13-14H,3,6-9H2,1-2,4H3. The van der Waals surface area contributed by atoms with Gasteiger partial charge in [0, 0.05) is 5.41 Å². The SMILES string of the molecule is C=C(C)CC(CO)(CO)CC=C(C)C. The van der Waals surface area contributed by atoms with Gasteiger partial charge >= 0.3 is 0 Å². The van der Waals surface area contributed by atoms with Crippen molar-refractivity contribution in [3.8, 4) is 0 Å². The van der Waals surface area contributed by atoms with E-state index in [9.17, 15) is 10.2 Å². The maximum atomic E-state index is 9.31. The van der Waals surface area contributed by atoms with Crippen LogP contribution in [-0.4, -0.2) is 23.4 Å². The van der Waals surface area contributed by atoms with Gasteiger partial charge in [0.15, 0.2) is 0 Å². The van der Waals surface area contributed by atoms with Crippen LogP contribution in [-0.2, 0) is 0 Å². The first-order valence-corrected chi connectivity index (χ1v) is 4.95. The van der Waals surface area contributed by atoms with Gasteiger partial charge in [-0.2, -0.15) is 0 Å². The highest BCUT2D eigenvalue weighted by Gasteiger charge is 2.27. The van der Waals surface area contributed by atoms with Crippen LogP contribution in [0.4, 0.5) is 0 Å². The molecule has 2 N–H and O–H groups in total. The molecule has 0 aliphatic heterocycles. The smallest absolute Gasteiger partial charge is 0.0515 e. The molecule has 0 saturated heterocycles. The van der Waals surface area contributed by atoms with E-state index < -0.39 is 5.41 Å². The van der Waals surface area contributed by atoms with Gasteiger partial charge in [0.25, 0.3) is 0 Å². The largest absolute Gasteiger partial charge is 0.396 e. The van der Waals surface area contributed by atoms with Crippen molar-refractivity contribution >= 4 is 0 Å². The molecule has 0 unspecified atom stereocenters. The summed E-state index contributed by atoms with van der Waals surface area (Å²) < 4.78 is 0. The Labute approximate surface area is 87.0 Å². The van der Waals surface area contributed by atoms with Crippen LogP contribution in [0.15, 0.2) is 23.8 Å². The van der Waals surface area contributed by atoms with E-state index in [-0.39, 0.29) is 13.2 Å². The lowest BCUT2D eigenvalue weighted by Crippen LogP contribution is -2.29. The highest BCUT2D eigenvalue weighted by molar-refractivity contribution is 5.03. The van der Waals surface area contributed by atoms with Crippen molar-refractivity contribution in [3.63, 3.8) is 0 Å². The molecule has 0 radical (unpaired) electrons. The van der Waals surface area contributed by atoms with E-state index in [1.54, 1.807) is 0 Å². The molecule has 0 aromatic heterocycles. The second kappa shape index (κ2) is 5.99. The predicted molar refractivity (Wildman–Crippen MR) is 60.1 cm³/mol. The molecule has 0 bridgehead atoms. The zero-order chi connectivity index (χ0) is 11.2. The summed E-state index contributed by atoms with van der Waals surface area (Å²) in [4.78, 5) is 0. The molecular weight excluding hydrogens is 176 g/mol. The number of hydrogen-bond acceptors (Lipinski definition) is 2. The van der Waals surface area contributed by atoms with E-state index in [1.165, 1.54) is 5.57 Å². The first-order chi connectivity index (χ1) is 6.45. The summed E-state index contributed by atoms with van der Waals surface area (Å²) in [6.45, 7) is 9.77. The van der Waals surface area contributed by atoms with Crippen LogP contribution >= 0.6 is 0 Å². The molecule has 2 nitrogen and oxygen atoms in total. The van der Waals surface area contributed by atoms with Gasteiger partial charge in [0.05, 0.1) is 13.2 Å². The average Bonchev–Trinajstić information content (AvgIpc) is 2.11. The van der Waals surface area contributed by atoms with Crippen LogP contribution in [0.25, 0.3) is 0 Å². The summed E-state index contributed by atoms with van der Waals surface area (Å²) in [5.41, 5.74) is 1.77. The summed E-state index contributed by atoms with van der Waals surface area (Å²) in [7, 11) is 0. The molecule has 0 aromatic carbocycles. The predicted octanol–water partition coefficient (Wildman–Crippen LogP) is 2.28. The normalized spacial score (nSPS) is 11.2. The Hall–Kier alpha value is -0.600. The molecule has 14 heavy (non-hydrogen) atoms. The van der Waals surface area contributed by atoms with E-state index in [0.29, 0.717) is 12.8 Å². The Morgan fingerprint density at radius 2 is 1.71 bits per heavy atom. The molecule has 82 valence electrons. The lowest BCUT2D eigenvalue weighted by molar-refractivity contribution is 0.0570. The quantitative estimate of drug-likeness (QED) is 0.643. The molecule has 2 heteroatoms. The number of aliphatic hydroxyl groups is 2. The fourth-order valence-electron chi connectivity index (χ4n) is 1.42. The third-order valence-corrected chi connectivity index (χ3v) is 2.29. The van der Waals surface area contributed by atoms with Crippen molar-refractivity contribution in [2.75, 3.05) is 13.2 Å². The van der Waals surface area contributed by atoms with Crippen LogP contribution in [0.2, 0.25) is 0 Å². The lowest BCUT2D eigenvalue weighted by Gasteiger charge is -2.29. The van der Waals surface area contributed by atoms with Gasteiger partial charge in [0.2, 0.25) is 0 Å². The Kier molecular flexibility index (Phi) is 5.73. The molecule has 0 aliphatic carbocycles. The van der Waals surface area contributed by atoms with Crippen molar-refractivity contribution in [1.29, 1.82) is 0 Å². The van der Waals surface area contributed by atoms with Gasteiger partial charge < -0.3 is 10.2 Å². The van der Waals surface area contributed by atoms with Crippen molar-refractivity contribution in [2.24, 2.45) is 5.41 Å². The Morgan fingerprint density at radius 1 is 1.21 bits per heavy atom. The van der Waals surface area contributed by atoms with Crippen LogP contribution in [0.3, 0.4) is 0 Å². The van der Waals surface area contributed by atoms with Gasteiger partial charge in [-0.25, -0.2) is 0 Å². The molecule has 0 heterocycles. The van der Waals surface area contributed by atoms with E-state index in [1.807, 2.05) is 20.8 Å². The Morgan fingerprint density at radius 3 is 2.00 bits per heavy atom. The number of allylic oxidation sites excluding steroid dienone is 3. The molecule has 0 aromatic rings. The van der Waals surface area contributed by atoms with Crippen LogP contribution in [0, 0.1) is 5.41 Å². The van der Waals surface area contributed by atoms with E-state index in [0.717, 1.165) is 5.57 Å². The van der Waals surface area contributed by atoms with Crippen molar-refractivity contribution in [1.82, 2.24) is 0 Å². The topological polar surface area (TPSA) is 40.5 Å². The average molecular weight is 198 g/mol. The zero-order valence-electron chi connectivity index (χ0n) is 9.51. The highest BCUT2D eigenvalue weighted by atomic mass is 16.3. The van der Waals surface area contributed by atoms with Gasteiger partial charge in [0.1, 0.15) is 0 Å². The minimum absolute atomic E-state index is 0.000139. The van der Waals surface area contributed by atoms with Crippen LogP contribution < -0.4 is 0 Å². The molecule has 0 fully saturated rings. The molecule has 0 spiro atoms. The fraction of sp³-hybridized carbons (Fsp3) is 0.667. The lowest BCUT2D eigenvalue weighted by atomic mass is 9.80. The van der Waals surface area contributed by atoms with E-state index in [2.05, 4.69) is 12.7 Å². The monoisotopic (exact) mass is 198 g/mol. The summed E-state index contributed by atoms with van der Waals surface area (Å²) in [5.74, 6) is 0. The Balaban J connectivity index is 4.52. The van der Waals surface area contributed by atoms with Gasteiger partial charge in [-0.05, 0) is 33.6 Å². The highest BCUT2D eigenvalue weighted by Crippen LogP contribution is 2.29. The maximum absolute atomic E-state index is 9.31. The first kappa shape index (κ1) is 13.4. The minimum atomic E-state index is -0.427. The van der Waals surface area contributed by atoms with Gasteiger partial charge in [-0.1, -0.05) is 17.2 Å². The van der Waals surface area contributed by atoms with E-state index in [4.69, 9.17) is 0 Å². The fourth-order valence-corrected chi connectivity index (χ4v) is 1.42. The van der Waals surface area contributed by atoms with Crippen molar-refractivity contribution in [2.45, 2.75) is 33.6 Å². The first-order valence-electron chi connectivity index (χ1n) is 4.95. The second-order valence-electron chi connectivity index (χ2n) is 4.44. The molecule has 0 atom stereocenters. The molecule has 0 rings (SSSR count). The zero-order valence-corrected chi connectivity index (χ0v) is 9.51. The summed E-state index contributed by atoms with van der Waals surface area (Å²) in [6, 6.07) is 0. The van der Waals surface area contributed by atoms with E-state index >= 15 is 0 Å². The third kappa shape index (κ3) is 4.58. The minimum Gasteiger partial charge on any atom is -0.396 e. The van der Waals surface area contributed by atoms with Crippen molar-refractivity contribution < 1.29 is 10.2 Å². The van der Waals surface area contributed by atoms with Crippen LogP contribution in [0.5, 0.6) is 0 Å². The van der Waals surface area contributed by atoms with Gasteiger partial charge in [-0.3, -0.25) is 0 Å². The summed E-state index contributed by atoms with van der Waals surface area (Å²) >= 11 is 0. The number of rotatable bonds is 6. The third-order valence-electron chi connectivity index (χ3n) is 2.29. The molecule has 0 aliphatic rings. The second-order valence-corrected chi connectivity index (χ2v) is 4.44. The number of hydrogen-bond donors (Lipinski definition) is 2. The Bertz CT molecular complexity index is 208. The molecule has 0 amide bonds. The van der Waals surface area contributed by atoms with Crippen LogP contribution in [0.1, 0.15) is 33.6 Å². The maximum Gasteiger partial charge on any atom is 0.0515 e. The summed E-state index contributed by atoms with van der Waals surface area (Å²) in [6.07, 6.45) is 3.42. The van der Waals surface area contributed by atoms with Crippen molar-refractivity contribution in [3.05, 3.63) is 23.8 Å². The molecule has 0 saturated carbocycles. The number of aliphatic hydroxyl groups excluding tert-OH is 2.